The summed E-state index contributed by atoms with van der Waals surface area (Å²) >= 11 is 3.33. The third-order valence-electron chi connectivity index (χ3n) is 2.88. The van der Waals surface area contributed by atoms with E-state index < -0.39 is 5.91 Å². The molecule has 0 atom stereocenters. The highest BCUT2D eigenvalue weighted by atomic mass is 79.9. The van der Waals surface area contributed by atoms with Crippen LogP contribution in [0.25, 0.3) is 0 Å². The van der Waals surface area contributed by atoms with Crippen LogP contribution < -0.4 is 4.90 Å². The molecule has 0 aliphatic carbocycles. The van der Waals surface area contributed by atoms with Crippen LogP contribution in [0.15, 0.2) is 34.9 Å². The van der Waals surface area contributed by atoms with Crippen LogP contribution in [0.5, 0.6) is 0 Å². The molecule has 0 N–H and O–H groups in total. The van der Waals surface area contributed by atoms with Gasteiger partial charge < -0.3 is 0 Å². The van der Waals surface area contributed by atoms with E-state index in [0.29, 0.717) is 17.1 Å². The van der Waals surface area contributed by atoms with Gasteiger partial charge in [-0.2, -0.15) is 0 Å². The standard InChI is InChI=1S/C13H8BrN3O2/c1-7-9(14)4-5-10(16-7)17-12(18)8-3-2-6-15-11(8)13(17)19/h2-6H,1H3. The Balaban J connectivity index is 2.11. The van der Waals surface area contributed by atoms with Crippen molar-refractivity contribution in [2.24, 2.45) is 0 Å². The molecule has 2 aromatic rings. The number of hydrogen-bond donors (Lipinski definition) is 0. The van der Waals surface area contributed by atoms with E-state index in [4.69, 9.17) is 0 Å². The molecule has 0 saturated carbocycles. The minimum Gasteiger partial charge on any atom is -0.268 e. The second kappa shape index (κ2) is 4.24. The SMILES string of the molecule is Cc1nc(N2C(=O)c3cccnc3C2=O)ccc1Br. The number of anilines is 1. The second-order valence-electron chi connectivity index (χ2n) is 4.08. The maximum absolute atomic E-state index is 12.2. The number of rotatable bonds is 1. The van der Waals surface area contributed by atoms with Crippen LogP contribution in [0.3, 0.4) is 0 Å². The lowest BCUT2D eigenvalue weighted by Gasteiger charge is -2.13. The van der Waals surface area contributed by atoms with Crippen LogP contribution in [0.1, 0.15) is 26.5 Å². The summed E-state index contributed by atoms with van der Waals surface area (Å²) < 4.78 is 0.825. The highest BCUT2D eigenvalue weighted by Gasteiger charge is 2.38. The van der Waals surface area contributed by atoms with Crippen molar-refractivity contribution in [3.05, 3.63) is 51.9 Å². The number of fused-ring (bicyclic) bond motifs is 1. The largest absolute Gasteiger partial charge is 0.285 e. The van der Waals surface area contributed by atoms with E-state index in [1.165, 1.54) is 6.20 Å². The van der Waals surface area contributed by atoms with Gasteiger partial charge in [-0.15, -0.1) is 0 Å². The first-order valence-electron chi connectivity index (χ1n) is 5.56. The smallest absolute Gasteiger partial charge is 0.268 e. The Morgan fingerprint density at radius 3 is 2.63 bits per heavy atom. The van der Waals surface area contributed by atoms with Crippen LogP contribution in [0.4, 0.5) is 5.82 Å². The first kappa shape index (κ1) is 12.0. The lowest BCUT2D eigenvalue weighted by molar-refractivity contribution is 0.0923. The number of aromatic nitrogens is 2. The molecule has 1 aliphatic rings. The molecule has 6 heteroatoms. The topological polar surface area (TPSA) is 63.2 Å². The fourth-order valence-electron chi connectivity index (χ4n) is 1.93. The molecule has 0 bridgehead atoms. The molecule has 5 nitrogen and oxygen atoms in total. The molecule has 0 fully saturated rings. The predicted molar refractivity (Wildman–Crippen MR) is 72.1 cm³/mol. The van der Waals surface area contributed by atoms with Crippen molar-refractivity contribution in [1.29, 1.82) is 0 Å². The Morgan fingerprint density at radius 2 is 1.95 bits per heavy atom. The summed E-state index contributed by atoms with van der Waals surface area (Å²) in [5, 5.41) is 0. The number of carbonyl (C=O) groups excluding carboxylic acids is 2. The third kappa shape index (κ3) is 1.76. The normalized spacial score (nSPS) is 13.9. The monoisotopic (exact) mass is 317 g/mol. The fourth-order valence-corrected chi connectivity index (χ4v) is 2.15. The van der Waals surface area contributed by atoms with Crippen molar-refractivity contribution >= 4 is 33.6 Å². The van der Waals surface area contributed by atoms with Gasteiger partial charge in [-0.1, -0.05) is 0 Å². The Bertz CT molecular complexity index is 680. The molecule has 3 rings (SSSR count). The molecule has 2 aromatic heterocycles. The molecule has 3 heterocycles. The average molecular weight is 318 g/mol. The Kier molecular flexibility index (Phi) is 2.67. The van der Waals surface area contributed by atoms with E-state index in [-0.39, 0.29) is 11.6 Å². The van der Waals surface area contributed by atoms with E-state index in [1.807, 2.05) is 0 Å². The van der Waals surface area contributed by atoms with Crippen LogP contribution >= 0.6 is 15.9 Å². The third-order valence-corrected chi connectivity index (χ3v) is 3.72. The van der Waals surface area contributed by atoms with Gasteiger partial charge in [-0.25, -0.2) is 9.88 Å². The van der Waals surface area contributed by atoms with Crippen molar-refractivity contribution < 1.29 is 9.59 Å². The molecule has 0 saturated heterocycles. The number of hydrogen-bond acceptors (Lipinski definition) is 4. The molecule has 2 amide bonds. The molecule has 0 aromatic carbocycles. The highest BCUT2D eigenvalue weighted by Crippen LogP contribution is 2.27. The van der Waals surface area contributed by atoms with E-state index in [2.05, 4.69) is 25.9 Å². The second-order valence-corrected chi connectivity index (χ2v) is 4.94. The highest BCUT2D eigenvalue weighted by molar-refractivity contribution is 9.10. The van der Waals surface area contributed by atoms with E-state index in [1.54, 1.807) is 31.2 Å². The zero-order chi connectivity index (χ0) is 13.6. The number of aryl methyl sites for hydroxylation is 1. The van der Waals surface area contributed by atoms with E-state index in [9.17, 15) is 9.59 Å². The van der Waals surface area contributed by atoms with Gasteiger partial charge in [0.2, 0.25) is 0 Å². The summed E-state index contributed by atoms with van der Waals surface area (Å²) in [5.74, 6) is -0.508. The van der Waals surface area contributed by atoms with Crippen LogP contribution in [-0.4, -0.2) is 21.8 Å². The minimum absolute atomic E-state index is 0.176. The van der Waals surface area contributed by atoms with Gasteiger partial charge in [0.15, 0.2) is 0 Å². The number of nitrogens with zero attached hydrogens (tertiary/aromatic N) is 3. The van der Waals surface area contributed by atoms with E-state index in [0.717, 1.165) is 9.37 Å². The first-order valence-corrected chi connectivity index (χ1v) is 6.36. The lowest BCUT2D eigenvalue weighted by Crippen LogP contribution is -2.30. The first-order chi connectivity index (χ1) is 9.09. The van der Waals surface area contributed by atoms with Crippen LogP contribution in [-0.2, 0) is 0 Å². The summed E-state index contributed by atoms with van der Waals surface area (Å²) in [5.41, 5.74) is 1.20. The lowest BCUT2D eigenvalue weighted by atomic mass is 10.2. The quantitative estimate of drug-likeness (QED) is 0.757. The van der Waals surface area contributed by atoms with Crippen LogP contribution in [0, 0.1) is 6.92 Å². The predicted octanol–water partition coefficient (Wildman–Crippen LogP) is 2.35. The Labute approximate surface area is 117 Å². The molecule has 94 valence electrons. The number of imide groups is 1. The van der Waals surface area contributed by atoms with Gasteiger partial charge in [0.05, 0.1) is 11.3 Å². The summed E-state index contributed by atoms with van der Waals surface area (Å²) in [7, 11) is 0. The van der Waals surface area contributed by atoms with Crippen molar-refractivity contribution in [3.63, 3.8) is 0 Å². The minimum atomic E-state index is -0.435. The number of amides is 2. The maximum Gasteiger partial charge on any atom is 0.285 e. The molecule has 1 aliphatic heterocycles. The average Bonchev–Trinajstić information content (AvgIpc) is 2.66. The molecular formula is C13H8BrN3O2. The van der Waals surface area contributed by atoms with Gasteiger partial charge in [-0.3, -0.25) is 14.6 Å². The summed E-state index contributed by atoms with van der Waals surface area (Å²) in [6, 6.07) is 6.61. The van der Waals surface area contributed by atoms with Crippen molar-refractivity contribution in [2.45, 2.75) is 6.92 Å². The zero-order valence-corrected chi connectivity index (χ0v) is 11.5. The van der Waals surface area contributed by atoms with E-state index >= 15 is 0 Å². The van der Waals surface area contributed by atoms with Gasteiger partial charge in [0.1, 0.15) is 11.5 Å². The van der Waals surface area contributed by atoms with Crippen LogP contribution in [0.2, 0.25) is 0 Å². The summed E-state index contributed by atoms with van der Waals surface area (Å²) in [6.07, 6.45) is 1.49. The molecule has 0 unspecified atom stereocenters. The molecule has 19 heavy (non-hydrogen) atoms. The summed E-state index contributed by atoms with van der Waals surface area (Å²) in [4.78, 5) is 33.7. The number of carbonyl (C=O) groups is 2. The fraction of sp³-hybridized carbons (Fsp3) is 0.0769. The Morgan fingerprint density at radius 1 is 1.16 bits per heavy atom. The van der Waals surface area contributed by atoms with Crippen molar-refractivity contribution in [1.82, 2.24) is 9.97 Å². The van der Waals surface area contributed by atoms with Gasteiger partial charge in [0.25, 0.3) is 11.8 Å². The van der Waals surface area contributed by atoms with Crippen molar-refractivity contribution in [2.75, 3.05) is 4.90 Å². The Hall–Kier alpha value is -2.08. The molecule has 0 spiro atoms. The number of pyridine rings is 2. The van der Waals surface area contributed by atoms with Gasteiger partial charge >= 0.3 is 0 Å². The van der Waals surface area contributed by atoms with Gasteiger partial charge in [0, 0.05) is 10.7 Å². The molecule has 0 radical (unpaired) electrons. The van der Waals surface area contributed by atoms with Gasteiger partial charge in [-0.05, 0) is 47.1 Å². The number of halogens is 1. The zero-order valence-electron chi connectivity index (χ0n) is 9.92. The summed E-state index contributed by atoms with van der Waals surface area (Å²) in [6.45, 7) is 1.80. The van der Waals surface area contributed by atoms with Crippen molar-refractivity contribution in [3.8, 4) is 0 Å². The maximum atomic E-state index is 12.2. The molecular weight excluding hydrogens is 310 g/mol.